The molecule has 0 aliphatic carbocycles. The van der Waals surface area contributed by atoms with Crippen LogP contribution in [0.4, 0.5) is 4.39 Å². The second-order valence-electron chi connectivity index (χ2n) is 11.5. The summed E-state index contributed by atoms with van der Waals surface area (Å²) in [6.45, 7) is 7.54. The number of aromatic nitrogens is 2. The van der Waals surface area contributed by atoms with Crippen molar-refractivity contribution in [3.8, 4) is 0 Å². The monoisotopic (exact) mass is 753 g/mol. The Labute approximate surface area is 302 Å². The molecule has 3 unspecified atom stereocenters. The summed E-state index contributed by atoms with van der Waals surface area (Å²) >= 11 is 0. The number of nitrogens with zero attached hydrogens (tertiary/aromatic N) is 1. The van der Waals surface area contributed by atoms with Crippen LogP contribution in [-0.4, -0.2) is 152 Å². The van der Waals surface area contributed by atoms with Gasteiger partial charge in [-0.1, -0.05) is 0 Å². The van der Waals surface area contributed by atoms with Gasteiger partial charge in [0.05, 0.1) is 91.0 Å². The van der Waals surface area contributed by atoms with Gasteiger partial charge < -0.3 is 63.7 Å². The van der Waals surface area contributed by atoms with Gasteiger partial charge in [-0.05, 0) is 20.3 Å². The zero-order chi connectivity index (χ0) is 38.1. The number of halogens is 1. The predicted octanol–water partition coefficient (Wildman–Crippen LogP) is -1.23. The van der Waals surface area contributed by atoms with Gasteiger partial charge in [0.1, 0.15) is 12.3 Å². The third-order valence-electron chi connectivity index (χ3n) is 7.42. The molecule has 1 fully saturated rings. The zero-order valence-electron chi connectivity index (χ0n) is 30.5. The van der Waals surface area contributed by atoms with Crippen molar-refractivity contribution in [1.29, 1.82) is 0 Å². The number of methoxy groups -OCH3 is 2. The molecule has 1 saturated heterocycles. The smallest absolute Gasteiger partial charge is 0.330 e. The minimum absolute atomic E-state index is 0.116. The molecule has 1 aromatic rings. The van der Waals surface area contributed by atoms with E-state index in [4.69, 9.17) is 53.1 Å². The maximum Gasteiger partial charge on any atom is 0.330 e. The summed E-state index contributed by atoms with van der Waals surface area (Å²) < 4.78 is 69.6. The van der Waals surface area contributed by atoms with Crippen LogP contribution in [0.3, 0.4) is 0 Å². The highest BCUT2D eigenvalue weighted by Crippen LogP contribution is 2.31. The molecule has 2 rings (SSSR count). The number of rotatable bonds is 30. The van der Waals surface area contributed by atoms with Gasteiger partial charge in [0.25, 0.3) is 5.56 Å². The van der Waals surface area contributed by atoms with E-state index in [-0.39, 0.29) is 50.9 Å². The number of amides is 2. The van der Waals surface area contributed by atoms with Gasteiger partial charge >= 0.3 is 5.69 Å². The van der Waals surface area contributed by atoms with E-state index in [2.05, 4.69) is 10.6 Å². The van der Waals surface area contributed by atoms with E-state index in [0.29, 0.717) is 65.9 Å². The van der Waals surface area contributed by atoms with E-state index in [1.165, 1.54) is 7.11 Å². The molecule has 0 radical (unpaired) electrons. The van der Waals surface area contributed by atoms with Crippen molar-refractivity contribution in [3.63, 3.8) is 0 Å². The minimum atomic E-state index is -1.10. The van der Waals surface area contributed by atoms with Crippen molar-refractivity contribution in [1.82, 2.24) is 20.2 Å². The number of hydrogen-bond donors (Lipinski definition) is 4. The number of carbonyl (C=O) groups excluding carboxylic acids is 2. The fourth-order valence-corrected chi connectivity index (χ4v) is 4.75. The van der Waals surface area contributed by atoms with Crippen molar-refractivity contribution < 1.29 is 61.3 Å². The molecule has 5 N–H and O–H groups in total. The molecular formula is C32H56FN5O14. The highest BCUT2D eigenvalue weighted by molar-refractivity contribution is 5.82. The SMILES string of the molecule is COCCOCCNC(=O)C(N)CCC(=O)NCCOCCOC(C)OCCOCCOC(C)O[C@@H]1C[C@H](n2cc(F)c(=O)[nH]c2=O)O[C@@H]1COC. The van der Waals surface area contributed by atoms with Crippen LogP contribution in [0, 0.1) is 5.82 Å². The first kappa shape index (κ1) is 45.3. The molecule has 0 bridgehead atoms. The van der Waals surface area contributed by atoms with Gasteiger partial charge in [0.2, 0.25) is 17.6 Å². The largest absolute Gasteiger partial charge is 0.382 e. The number of hydrogen-bond acceptors (Lipinski definition) is 15. The Bertz CT molecular complexity index is 1260. The summed E-state index contributed by atoms with van der Waals surface area (Å²) in [7, 11) is 3.07. The van der Waals surface area contributed by atoms with Crippen LogP contribution in [0.1, 0.15) is 39.3 Å². The topological polar surface area (TPSA) is 231 Å². The summed E-state index contributed by atoms with van der Waals surface area (Å²) in [6.07, 6.45) is -1.70. The molecule has 20 heteroatoms. The van der Waals surface area contributed by atoms with Crippen molar-refractivity contribution in [2.75, 3.05) is 100.0 Å². The summed E-state index contributed by atoms with van der Waals surface area (Å²) in [4.78, 5) is 49.4. The lowest BCUT2D eigenvalue weighted by Gasteiger charge is -2.22. The van der Waals surface area contributed by atoms with E-state index in [9.17, 15) is 23.6 Å². The van der Waals surface area contributed by atoms with Crippen molar-refractivity contribution in [3.05, 3.63) is 32.9 Å². The number of ether oxygens (including phenoxy) is 10. The first-order valence-electron chi connectivity index (χ1n) is 17.2. The molecule has 1 aliphatic rings. The second kappa shape index (κ2) is 26.8. The molecular weight excluding hydrogens is 697 g/mol. The van der Waals surface area contributed by atoms with Gasteiger partial charge in [-0.15, -0.1) is 0 Å². The Balaban J connectivity index is 1.44. The Morgan fingerprint density at radius 3 is 2.13 bits per heavy atom. The van der Waals surface area contributed by atoms with E-state index < -0.39 is 54.1 Å². The van der Waals surface area contributed by atoms with E-state index >= 15 is 0 Å². The van der Waals surface area contributed by atoms with Gasteiger partial charge in [0.15, 0.2) is 12.6 Å². The molecule has 0 aromatic carbocycles. The van der Waals surface area contributed by atoms with Crippen LogP contribution in [0.15, 0.2) is 15.8 Å². The third kappa shape index (κ3) is 18.7. The van der Waals surface area contributed by atoms with E-state index in [0.717, 1.165) is 10.8 Å². The molecule has 1 aromatic heterocycles. The third-order valence-corrected chi connectivity index (χ3v) is 7.42. The van der Waals surface area contributed by atoms with Crippen LogP contribution >= 0.6 is 0 Å². The fraction of sp³-hybridized carbons (Fsp3) is 0.812. The maximum absolute atomic E-state index is 13.8. The number of nitrogens with two attached hydrogens (primary N) is 1. The van der Waals surface area contributed by atoms with Crippen LogP contribution < -0.4 is 27.6 Å². The van der Waals surface area contributed by atoms with Crippen LogP contribution in [-0.2, 0) is 57.0 Å². The average molecular weight is 754 g/mol. The molecule has 1 aliphatic heterocycles. The Kier molecular flexibility index (Phi) is 23.3. The molecule has 0 spiro atoms. The standard InChI is InChI=1S/C32H56FN5O14/c1-22(48-16-13-46-9-7-35-28(39)6-5-25(34)31(41)36-8-10-45-12-11-43-3)49-17-14-47-15-18-50-23(2)51-26-19-29(52-27(26)21-44-4)38-20-24(33)30(40)37-32(38)42/h20,22-23,25-27,29H,5-19,21,34H2,1-4H3,(H,35,39)(H,36,41)(H,37,40,42)/t22?,23?,25?,26-,27-,29-/m1/s1. The van der Waals surface area contributed by atoms with E-state index in [1.807, 2.05) is 4.98 Å². The summed E-state index contributed by atoms with van der Waals surface area (Å²) in [6, 6.07) is -0.788. The van der Waals surface area contributed by atoms with Gasteiger partial charge in [-0.2, -0.15) is 4.39 Å². The van der Waals surface area contributed by atoms with Crippen LogP contribution in [0.5, 0.6) is 0 Å². The molecule has 2 heterocycles. The molecule has 0 saturated carbocycles. The molecule has 6 atom stereocenters. The number of H-pyrrole nitrogens is 1. The predicted molar refractivity (Wildman–Crippen MR) is 181 cm³/mol. The Morgan fingerprint density at radius 1 is 0.904 bits per heavy atom. The van der Waals surface area contributed by atoms with Crippen molar-refractivity contribution in [2.24, 2.45) is 5.73 Å². The van der Waals surface area contributed by atoms with Gasteiger partial charge in [-0.3, -0.25) is 23.9 Å². The quantitative estimate of drug-likeness (QED) is 0.0533. The first-order chi connectivity index (χ1) is 25.0. The summed E-state index contributed by atoms with van der Waals surface area (Å²) in [5, 5.41) is 5.39. The van der Waals surface area contributed by atoms with Crippen molar-refractivity contribution in [2.45, 2.75) is 70.2 Å². The van der Waals surface area contributed by atoms with Gasteiger partial charge in [0, 0.05) is 40.2 Å². The van der Waals surface area contributed by atoms with Gasteiger partial charge in [-0.25, -0.2) is 4.79 Å². The average Bonchev–Trinajstić information content (AvgIpc) is 3.50. The lowest BCUT2D eigenvalue weighted by Crippen LogP contribution is -2.42. The lowest BCUT2D eigenvalue weighted by molar-refractivity contribution is -0.183. The Hall–Kier alpha value is -2.89. The Morgan fingerprint density at radius 2 is 1.50 bits per heavy atom. The summed E-state index contributed by atoms with van der Waals surface area (Å²) in [5.74, 6) is -1.66. The molecule has 2 amide bonds. The lowest BCUT2D eigenvalue weighted by atomic mass is 10.1. The highest BCUT2D eigenvalue weighted by atomic mass is 19.1. The second-order valence-corrected chi connectivity index (χ2v) is 11.5. The number of nitrogens with one attached hydrogen (secondary N) is 3. The fourth-order valence-electron chi connectivity index (χ4n) is 4.75. The maximum atomic E-state index is 13.8. The first-order valence-corrected chi connectivity index (χ1v) is 17.2. The van der Waals surface area contributed by atoms with E-state index in [1.54, 1.807) is 21.0 Å². The highest BCUT2D eigenvalue weighted by Gasteiger charge is 2.38. The van der Waals surface area contributed by atoms with Crippen LogP contribution in [0.25, 0.3) is 0 Å². The summed E-state index contributed by atoms with van der Waals surface area (Å²) in [5.41, 5.74) is 3.95. The molecule has 19 nitrogen and oxygen atoms in total. The normalized spacial score (nSPS) is 19.0. The minimum Gasteiger partial charge on any atom is -0.382 e. The van der Waals surface area contributed by atoms with Crippen molar-refractivity contribution >= 4 is 11.8 Å². The molecule has 300 valence electrons. The molecule has 52 heavy (non-hydrogen) atoms. The zero-order valence-corrected chi connectivity index (χ0v) is 30.5. The number of aromatic amines is 1. The van der Waals surface area contributed by atoms with Crippen LogP contribution in [0.2, 0.25) is 0 Å². The number of carbonyl (C=O) groups is 2.